The zero-order chi connectivity index (χ0) is 20.3. The number of halogens is 3. The molecule has 0 unspecified atom stereocenters. The molecule has 0 amide bonds. The average molecular weight is 397 g/mol. The number of carbonyl (C=O) groups is 1. The Balaban J connectivity index is 0.000000948. The van der Waals surface area contributed by atoms with Gasteiger partial charge in [0.15, 0.2) is 5.69 Å². The number of nitrogens with zero attached hydrogens (tertiary/aromatic N) is 3. The molecule has 0 spiro atoms. The third-order valence-corrected chi connectivity index (χ3v) is 3.12. The van der Waals surface area contributed by atoms with Crippen LogP contribution in [0.15, 0.2) is 35.3 Å². The van der Waals surface area contributed by atoms with E-state index in [1.807, 2.05) is 0 Å². The second kappa shape index (κ2) is 13.8. The zero-order valence-corrected chi connectivity index (χ0v) is 16.9. The van der Waals surface area contributed by atoms with E-state index >= 15 is 0 Å². The van der Waals surface area contributed by atoms with Crippen LogP contribution in [-0.4, -0.2) is 81.3 Å². The van der Waals surface area contributed by atoms with Crippen molar-refractivity contribution in [1.29, 1.82) is 0 Å². The summed E-state index contributed by atoms with van der Waals surface area (Å²) in [6, 6.07) is 6.92. The van der Waals surface area contributed by atoms with Crippen molar-refractivity contribution in [1.82, 2.24) is 20.0 Å². The Morgan fingerprint density at radius 1 is 1.12 bits per heavy atom. The average Bonchev–Trinajstić information content (AvgIpc) is 3.08. The molecule has 0 fully saturated rings. The second-order valence-electron chi connectivity index (χ2n) is 4.29. The first-order valence-corrected chi connectivity index (χ1v) is 9.26. The fraction of sp³-hybridized carbons (Fsp3) is 0.0769. The summed E-state index contributed by atoms with van der Waals surface area (Å²) in [6.45, 7) is 1.62. The van der Waals surface area contributed by atoms with Gasteiger partial charge < -0.3 is 10.1 Å². The molecule has 124 valence electrons. The molecule has 1 aromatic carbocycles. The number of carboxylic acid groups (broad SMARTS) is 1. The summed E-state index contributed by atoms with van der Waals surface area (Å²) in [5.41, 5.74) is 0.712. The van der Waals surface area contributed by atoms with Gasteiger partial charge in [-0.3, -0.25) is 4.79 Å². The molecule has 2 heterocycles. The standard InChI is InChI=1S/C13H10N4O3.3ClH.3Li/c1-7-11(13(19)20)15-16-17(7)10-4-2-3-9-8(10)5-6-14-12(9)18;;;;;;/h2-6H,1H3,(H,14,18)(H,19,20);3*1H;;;/q;;;;3*+1/p-3. The maximum atomic E-state index is 11.8. The number of benzene rings is 1. The van der Waals surface area contributed by atoms with Gasteiger partial charge in [-0.2, -0.15) is 0 Å². The number of nitrogens with one attached hydrogen (secondary N) is 1. The van der Waals surface area contributed by atoms with E-state index in [1.54, 1.807) is 37.4 Å². The van der Waals surface area contributed by atoms with Crippen molar-refractivity contribution >= 4 is 96.4 Å². The quantitative estimate of drug-likeness (QED) is 0.645. The van der Waals surface area contributed by atoms with E-state index in [0.717, 1.165) is 0 Å². The van der Waals surface area contributed by atoms with Gasteiger partial charge in [0, 0.05) is 17.0 Å². The van der Waals surface area contributed by atoms with Crippen LogP contribution in [0.2, 0.25) is 0 Å². The normalized spacial score (nSPS) is 9.15. The van der Waals surface area contributed by atoms with Gasteiger partial charge in [-0.15, -0.1) is 5.10 Å². The van der Waals surface area contributed by atoms with E-state index in [4.69, 9.17) is 5.11 Å². The number of fused-ring (bicyclic) bond motifs is 1. The molecule has 0 aliphatic carbocycles. The maximum absolute atomic E-state index is 11.8. The number of aromatic carboxylic acids is 1. The number of hydrogen-bond acceptors (Lipinski definition) is 4. The van der Waals surface area contributed by atoms with Crippen LogP contribution in [0.1, 0.15) is 16.2 Å². The summed E-state index contributed by atoms with van der Waals surface area (Å²) in [4.78, 5) is 25.4. The van der Waals surface area contributed by atoms with Crippen LogP contribution >= 0.6 is 29.4 Å². The van der Waals surface area contributed by atoms with Gasteiger partial charge in [-0.25, -0.2) is 9.48 Å². The molecule has 2 aromatic heterocycles. The molecule has 26 heavy (non-hydrogen) atoms. The Morgan fingerprint density at radius 2 is 1.73 bits per heavy atom. The molecule has 13 heteroatoms. The van der Waals surface area contributed by atoms with Gasteiger partial charge in [-0.05, 0) is 25.1 Å². The minimum absolute atomic E-state index is 0.105. The van der Waals surface area contributed by atoms with Crippen molar-refractivity contribution in [3.63, 3.8) is 0 Å². The van der Waals surface area contributed by atoms with Crippen LogP contribution in [0.3, 0.4) is 0 Å². The molecule has 0 saturated heterocycles. The van der Waals surface area contributed by atoms with Gasteiger partial charge in [0.05, 0.1) is 11.4 Å². The van der Waals surface area contributed by atoms with Crippen LogP contribution in [-0.2, 0) is 0 Å². The van der Waals surface area contributed by atoms with Gasteiger partial charge >= 0.3 is 85.6 Å². The van der Waals surface area contributed by atoms with E-state index in [1.165, 1.54) is 54.9 Å². The zero-order valence-electron chi connectivity index (χ0n) is 14.6. The first-order chi connectivity index (χ1) is 12.6. The Hall–Kier alpha value is -0.298. The summed E-state index contributed by atoms with van der Waals surface area (Å²) in [5.74, 6) is -1.13. The molecule has 3 aromatic rings. The number of carboxylic acids is 1. The van der Waals surface area contributed by atoms with Crippen LogP contribution in [0.4, 0.5) is 0 Å². The van der Waals surface area contributed by atoms with E-state index in [9.17, 15) is 9.59 Å². The van der Waals surface area contributed by atoms with E-state index in [2.05, 4.69) is 44.7 Å². The molecule has 0 bridgehead atoms. The molecular weight excluding hydrogens is 387 g/mol. The first kappa shape index (κ1) is 25.7. The summed E-state index contributed by atoms with van der Waals surface area (Å²) in [5, 5.41) is 17.7. The predicted octanol–water partition coefficient (Wildman–Crippen LogP) is 2.04. The molecule has 0 aliphatic rings. The molecule has 0 radical (unpaired) electrons. The number of hydrogen-bond donors (Lipinski definition) is 2. The van der Waals surface area contributed by atoms with Gasteiger partial charge in [0.1, 0.15) is 0 Å². The Kier molecular flexibility index (Phi) is 13.6. The Labute approximate surface area is 189 Å². The topological polar surface area (TPSA) is 101 Å². The summed E-state index contributed by atoms with van der Waals surface area (Å²) < 4.78 is 1.42. The second-order valence-corrected chi connectivity index (χ2v) is 4.29. The molecule has 7 nitrogen and oxygen atoms in total. The SMILES string of the molecule is Cc1c(C(=O)O)nnn1-c1cccc2c(=O)[nH]ccc12.[Li][Cl].[Li][Cl].[Li][Cl]. The molecule has 0 atom stereocenters. The number of aromatic amines is 1. The van der Waals surface area contributed by atoms with Crippen molar-refractivity contribution in [3.8, 4) is 5.69 Å². The fourth-order valence-corrected chi connectivity index (χ4v) is 2.14. The Morgan fingerprint density at radius 3 is 2.27 bits per heavy atom. The molecule has 3 rings (SSSR count). The van der Waals surface area contributed by atoms with E-state index in [0.29, 0.717) is 22.2 Å². The first-order valence-electron chi connectivity index (χ1n) is 6.99. The third-order valence-electron chi connectivity index (χ3n) is 3.12. The van der Waals surface area contributed by atoms with Crippen LogP contribution in [0, 0.1) is 6.92 Å². The minimum atomic E-state index is -1.13. The fourth-order valence-electron chi connectivity index (χ4n) is 2.14. The van der Waals surface area contributed by atoms with Gasteiger partial charge in [0.2, 0.25) is 0 Å². The van der Waals surface area contributed by atoms with Gasteiger partial charge in [0.25, 0.3) is 5.56 Å². The third kappa shape index (κ3) is 6.11. The summed E-state index contributed by atoms with van der Waals surface area (Å²) >= 11 is 4.42. The van der Waals surface area contributed by atoms with Crippen LogP contribution < -0.4 is 5.56 Å². The van der Waals surface area contributed by atoms with E-state index in [-0.39, 0.29) is 11.3 Å². The van der Waals surface area contributed by atoms with Crippen LogP contribution in [0.25, 0.3) is 16.5 Å². The Bertz CT molecular complexity index is 905. The van der Waals surface area contributed by atoms with E-state index < -0.39 is 5.97 Å². The van der Waals surface area contributed by atoms with Crippen molar-refractivity contribution in [2.75, 3.05) is 0 Å². The molecule has 2 N–H and O–H groups in total. The number of pyridine rings is 1. The summed E-state index contributed by atoms with van der Waals surface area (Å²) in [7, 11) is 13.9. The summed E-state index contributed by atoms with van der Waals surface area (Å²) in [6.07, 6.45) is 1.54. The number of H-pyrrole nitrogens is 1. The predicted molar refractivity (Wildman–Crippen MR) is 106 cm³/mol. The molecular formula is C13H10Cl3Li3N4O3. The van der Waals surface area contributed by atoms with Crippen molar-refractivity contribution in [2.45, 2.75) is 6.92 Å². The van der Waals surface area contributed by atoms with Gasteiger partial charge in [-0.1, -0.05) is 11.3 Å². The van der Waals surface area contributed by atoms with Crippen molar-refractivity contribution in [2.24, 2.45) is 0 Å². The number of aromatic nitrogens is 4. The van der Waals surface area contributed by atoms with Crippen LogP contribution in [0.5, 0.6) is 0 Å². The van der Waals surface area contributed by atoms with Crippen molar-refractivity contribution in [3.05, 3.63) is 52.2 Å². The molecule has 0 saturated carbocycles. The monoisotopic (exact) mass is 396 g/mol. The van der Waals surface area contributed by atoms with Crippen molar-refractivity contribution < 1.29 is 9.90 Å². The number of rotatable bonds is 2. The molecule has 0 aliphatic heterocycles.